The number of ether oxygens (including phenoxy) is 2. The summed E-state index contributed by atoms with van der Waals surface area (Å²) in [5, 5.41) is 5.26. The van der Waals surface area contributed by atoms with Crippen molar-refractivity contribution >= 4 is 28.5 Å². The number of aromatic nitrogens is 1. The molecule has 0 fully saturated rings. The zero-order valence-corrected chi connectivity index (χ0v) is 16.8. The predicted octanol–water partition coefficient (Wildman–Crippen LogP) is 5.26. The maximum absolute atomic E-state index is 12.2. The van der Waals surface area contributed by atoms with Crippen LogP contribution in [0.25, 0.3) is 17.3 Å². The van der Waals surface area contributed by atoms with Gasteiger partial charge in [0, 0.05) is 17.0 Å². The number of anilines is 1. The standard InChI is InChI=1S/C22H22N2O3S/c1-15(2)27-19-6-4-5-16(13-19)7-12-21(25)24-22-23-20(14-28-22)17-8-10-18(26-3)11-9-17/h4-15H,1-3H3,(H,23,24,25)/b12-7+. The monoisotopic (exact) mass is 394 g/mol. The first-order valence-corrected chi connectivity index (χ1v) is 9.77. The Hall–Kier alpha value is -3.12. The largest absolute Gasteiger partial charge is 0.497 e. The van der Waals surface area contributed by atoms with Crippen LogP contribution in [0, 0.1) is 0 Å². The van der Waals surface area contributed by atoms with E-state index in [1.54, 1.807) is 13.2 Å². The number of methoxy groups -OCH3 is 1. The Balaban J connectivity index is 1.62. The molecule has 1 N–H and O–H groups in total. The van der Waals surface area contributed by atoms with E-state index in [1.807, 2.05) is 67.8 Å². The molecule has 0 aliphatic rings. The molecule has 0 spiro atoms. The van der Waals surface area contributed by atoms with E-state index >= 15 is 0 Å². The normalized spacial score (nSPS) is 11.0. The highest BCUT2D eigenvalue weighted by Gasteiger charge is 2.07. The SMILES string of the molecule is COc1ccc(-c2csc(NC(=O)/C=C/c3cccc(OC(C)C)c3)n2)cc1. The van der Waals surface area contributed by atoms with Crippen LogP contribution in [0.5, 0.6) is 11.5 Å². The molecule has 1 heterocycles. The molecule has 0 unspecified atom stereocenters. The van der Waals surface area contributed by atoms with Crippen molar-refractivity contribution < 1.29 is 14.3 Å². The van der Waals surface area contributed by atoms with E-state index in [2.05, 4.69) is 10.3 Å². The summed E-state index contributed by atoms with van der Waals surface area (Å²) >= 11 is 1.39. The smallest absolute Gasteiger partial charge is 0.250 e. The Bertz CT molecular complexity index is 962. The Morgan fingerprint density at radius 1 is 1.14 bits per heavy atom. The average Bonchev–Trinajstić information content (AvgIpc) is 3.14. The Morgan fingerprint density at radius 3 is 2.64 bits per heavy atom. The fraction of sp³-hybridized carbons (Fsp3) is 0.182. The van der Waals surface area contributed by atoms with E-state index in [0.29, 0.717) is 5.13 Å². The third-order valence-electron chi connectivity index (χ3n) is 3.78. The lowest BCUT2D eigenvalue weighted by atomic mass is 10.2. The van der Waals surface area contributed by atoms with E-state index < -0.39 is 0 Å². The van der Waals surface area contributed by atoms with Crippen LogP contribution in [0.1, 0.15) is 19.4 Å². The number of amides is 1. The molecule has 2 aromatic carbocycles. The minimum Gasteiger partial charge on any atom is -0.497 e. The molecule has 0 aliphatic carbocycles. The highest BCUT2D eigenvalue weighted by atomic mass is 32.1. The molecule has 0 radical (unpaired) electrons. The van der Waals surface area contributed by atoms with Crippen molar-refractivity contribution in [2.24, 2.45) is 0 Å². The van der Waals surface area contributed by atoms with Crippen LogP contribution >= 0.6 is 11.3 Å². The number of thiazole rings is 1. The molecule has 3 aromatic rings. The summed E-state index contributed by atoms with van der Waals surface area (Å²) in [6.07, 6.45) is 3.34. The minimum atomic E-state index is -0.231. The summed E-state index contributed by atoms with van der Waals surface area (Å²) in [4.78, 5) is 16.7. The molecule has 5 nitrogen and oxygen atoms in total. The van der Waals surface area contributed by atoms with Crippen molar-refractivity contribution in [3.05, 3.63) is 65.6 Å². The average molecular weight is 394 g/mol. The summed E-state index contributed by atoms with van der Waals surface area (Å²) in [6.45, 7) is 3.95. The number of hydrogen-bond donors (Lipinski definition) is 1. The van der Waals surface area contributed by atoms with E-state index in [-0.39, 0.29) is 12.0 Å². The minimum absolute atomic E-state index is 0.104. The predicted molar refractivity (Wildman–Crippen MR) is 114 cm³/mol. The van der Waals surface area contributed by atoms with Crippen molar-refractivity contribution in [1.82, 2.24) is 4.98 Å². The van der Waals surface area contributed by atoms with E-state index in [1.165, 1.54) is 17.4 Å². The summed E-state index contributed by atoms with van der Waals surface area (Å²) in [6, 6.07) is 15.2. The molecule has 0 aliphatic heterocycles. The molecule has 0 bridgehead atoms. The number of nitrogens with one attached hydrogen (secondary N) is 1. The second-order valence-corrected chi connectivity index (χ2v) is 7.19. The Morgan fingerprint density at radius 2 is 1.93 bits per heavy atom. The van der Waals surface area contributed by atoms with Crippen LogP contribution in [0.4, 0.5) is 5.13 Å². The second-order valence-electron chi connectivity index (χ2n) is 6.33. The van der Waals surface area contributed by atoms with E-state index in [0.717, 1.165) is 28.3 Å². The highest BCUT2D eigenvalue weighted by molar-refractivity contribution is 7.14. The molecule has 1 amide bonds. The zero-order valence-electron chi connectivity index (χ0n) is 16.0. The molecule has 144 valence electrons. The van der Waals surface area contributed by atoms with Gasteiger partial charge in [-0.3, -0.25) is 10.1 Å². The number of carbonyl (C=O) groups is 1. The molecule has 0 saturated heterocycles. The summed E-state index contributed by atoms with van der Waals surface area (Å²) < 4.78 is 10.8. The maximum atomic E-state index is 12.2. The van der Waals surface area contributed by atoms with Crippen molar-refractivity contribution in [2.75, 3.05) is 12.4 Å². The summed E-state index contributed by atoms with van der Waals surface area (Å²) in [5.74, 6) is 1.34. The third kappa shape index (κ3) is 5.44. The van der Waals surface area contributed by atoms with Crippen LogP contribution < -0.4 is 14.8 Å². The van der Waals surface area contributed by atoms with Gasteiger partial charge in [0.15, 0.2) is 5.13 Å². The van der Waals surface area contributed by atoms with Gasteiger partial charge in [-0.15, -0.1) is 11.3 Å². The Kier molecular flexibility index (Phi) is 6.45. The van der Waals surface area contributed by atoms with Gasteiger partial charge in [-0.25, -0.2) is 4.98 Å². The van der Waals surface area contributed by atoms with Gasteiger partial charge in [0.1, 0.15) is 11.5 Å². The number of benzene rings is 2. The fourth-order valence-corrected chi connectivity index (χ4v) is 3.23. The van der Waals surface area contributed by atoms with Gasteiger partial charge in [-0.2, -0.15) is 0 Å². The quantitative estimate of drug-likeness (QED) is 0.556. The molecule has 0 atom stereocenters. The van der Waals surface area contributed by atoms with Gasteiger partial charge in [-0.05, 0) is 61.9 Å². The molecule has 1 aromatic heterocycles. The van der Waals surface area contributed by atoms with Gasteiger partial charge < -0.3 is 9.47 Å². The van der Waals surface area contributed by atoms with E-state index in [9.17, 15) is 4.79 Å². The molecule has 3 rings (SSSR count). The molecule has 6 heteroatoms. The summed E-state index contributed by atoms with van der Waals surface area (Å²) in [5.41, 5.74) is 2.67. The van der Waals surface area contributed by atoms with Gasteiger partial charge >= 0.3 is 0 Å². The number of rotatable bonds is 7. The first-order valence-electron chi connectivity index (χ1n) is 8.89. The zero-order chi connectivity index (χ0) is 19.9. The van der Waals surface area contributed by atoms with Crippen LogP contribution in [0.3, 0.4) is 0 Å². The van der Waals surface area contributed by atoms with Crippen molar-refractivity contribution in [3.63, 3.8) is 0 Å². The van der Waals surface area contributed by atoms with Gasteiger partial charge in [0.2, 0.25) is 5.91 Å². The van der Waals surface area contributed by atoms with Gasteiger partial charge in [0.25, 0.3) is 0 Å². The second kappa shape index (κ2) is 9.19. The molecular formula is C22H22N2O3S. The van der Waals surface area contributed by atoms with Gasteiger partial charge in [0.05, 0.1) is 18.9 Å². The lowest BCUT2D eigenvalue weighted by Gasteiger charge is -2.09. The maximum Gasteiger partial charge on any atom is 0.250 e. The lowest BCUT2D eigenvalue weighted by molar-refractivity contribution is -0.111. The van der Waals surface area contributed by atoms with Crippen LogP contribution in [-0.4, -0.2) is 24.1 Å². The van der Waals surface area contributed by atoms with Crippen LogP contribution in [-0.2, 0) is 4.79 Å². The topological polar surface area (TPSA) is 60.5 Å². The number of nitrogens with zero attached hydrogens (tertiary/aromatic N) is 1. The van der Waals surface area contributed by atoms with Gasteiger partial charge in [-0.1, -0.05) is 12.1 Å². The van der Waals surface area contributed by atoms with Crippen molar-refractivity contribution in [1.29, 1.82) is 0 Å². The summed E-state index contributed by atoms with van der Waals surface area (Å²) in [7, 11) is 1.63. The van der Waals surface area contributed by atoms with Crippen LogP contribution in [0.15, 0.2) is 60.0 Å². The molecule has 0 saturated carbocycles. The van der Waals surface area contributed by atoms with E-state index in [4.69, 9.17) is 9.47 Å². The first kappa shape index (κ1) is 19.6. The van der Waals surface area contributed by atoms with Crippen molar-refractivity contribution in [2.45, 2.75) is 20.0 Å². The lowest BCUT2D eigenvalue weighted by Crippen LogP contribution is -2.07. The fourth-order valence-electron chi connectivity index (χ4n) is 2.51. The first-order chi connectivity index (χ1) is 13.5. The number of hydrogen-bond acceptors (Lipinski definition) is 5. The molecular weight excluding hydrogens is 372 g/mol. The highest BCUT2D eigenvalue weighted by Crippen LogP contribution is 2.26. The Labute approximate surface area is 168 Å². The molecule has 28 heavy (non-hydrogen) atoms. The third-order valence-corrected chi connectivity index (χ3v) is 4.53. The number of carbonyl (C=O) groups excluding carboxylic acids is 1. The van der Waals surface area contributed by atoms with Crippen LogP contribution in [0.2, 0.25) is 0 Å². The van der Waals surface area contributed by atoms with Crippen molar-refractivity contribution in [3.8, 4) is 22.8 Å².